The lowest BCUT2D eigenvalue weighted by atomic mass is 10.0. The third-order valence-electron chi connectivity index (χ3n) is 3.60. The molecule has 2 rings (SSSR count). The van der Waals surface area contributed by atoms with E-state index in [-0.39, 0.29) is 22.8 Å². The number of esters is 1. The van der Waals surface area contributed by atoms with Crippen molar-refractivity contribution in [1.82, 2.24) is 0 Å². The lowest BCUT2D eigenvalue weighted by molar-refractivity contribution is -0.0285. The summed E-state index contributed by atoms with van der Waals surface area (Å²) in [5.41, 5.74) is 0.590. The summed E-state index contributed by atoms with van der Waals surface area (Å²) in [4.78, 5) is 11.9. The van der Waals surface area contributed by atoms with Crippen LogP contribution in [0.2, 0.25) is 0 Å². The van der Waals surface area contributed by atoms with Gasteiger partial charge in [0.05, 0.1) is 19.8 Å². The molecule has 0 amide bonds. The minimum atomic E-state index is -1.37. The van der Waals surface area contributed by atoms with Crippen LogP contribution < -0.4 is 9.47 Å². The van der Waals surface area contributed by atoms with Gasteiger partial charge in [0, 0.05) is 0 Å². The number of methoxy groups -OCH3 is 2. The fourth-order valence-electron chi connectivity index (χ4n) is 2.22. The molecular formula is C18H20O7. The molecule has 0 bridgehead atoms. The van der Waals surface area contributed by atoms with E-state index in [0.29, 0.717) is 5.56 Å². The molecule has 25 heavy (non-hydrogen) atoms. The Morgan fingerprint density at radius 1 is 1.04 bits per heavy atom. The second kappa shape index (κ2) is 8.36. The van der Waals surface area contributed by atoms with Crippen LogP contribution in [0.3, 0.4) is 0 Å². The minimum Gasteiger partial charge on any atom is -0.502 e. The third-order valence-corrected chi connectivity index (χ3v) is 3.60. The molecule has 0 fully saturated rings. The normalized spacial score (nSPS) is 13.0. The zero-order valence-corrected chi connectivity index (χ0v) is 13.9. The Morgan fingerprint density at radius 3 is 2.12 bits per heavy atom. The van der Waals surface area contributed by atoms with E-state index in [4.69, 9.17) is 14.2 Å². The summed E-state index contributed by atoms with van der Waals surface area (Å²) in [6.07, 6.45) is -2.74. The molecule has 2 aromatic carbocycles. The first-order chi connectivity index (χ1) is 12.0. The first-order valence-electron chi connectivity index (χ1n) is 7.51. The maximum absolute atomic E-state index is 11.9. The standard InChI is InChI=1S/C18H20O7/c1-23-14-8-12(9-15(24-2)17(14)21)16(20)13(19)10-25-18(22)11-6-4-3-5-7-11/h3-9,13,16,19-21H,10H2,1-2H3/t13-,16+/m0/s1. The Morgan fingerprint density at radius 2 is 1.60 bits per heavy atom. The lowest BCUT2D eigenvalue weighted by Crippen LogP contribution is -2.25. The van der Waals surface area contributed by atoms with Crippen LogP contribution in [0.25, 0.3) is 0 Å². The summed E-state index contributed by atoms with van der Waals surface area (Å²) in [6, 6.07) is 11.0. The number of hydrogen-bond donors (Lipinski definition) is 3. The Hall–Kier alpha value is -2.77. The van der Waals surface area contributed by atoms with Crippen LogP contribution in [0, 0.1) is 0 Å². The van der Waals surface area contributed by atoms with Crippen LogP contribution in [-0.4, -0.2) is 48.2 Å². The Balaban J connectivity index is 2.07. The molecule has 0 heterocycles. The second-order valence-corrected chi connectivity index (χ2v) is 5.25. The van der Waals surface area contributed by atoms with Crippen LogP contribution in [0.5, 0.6) is 17.2 Å². The summed E-state index contributed by atoms with van der Waals surface area (Å²) < 4.78 is 15.0. The Labute approximate surface area is 145 Å². The van der Waals surface area contributed by atoms with Crippen LogP contribution in [0.1, 0.15) is 22.0 Å². The maximum atomic E-state index is 11.9. The highest BCUT2D eigenvalue weighted by atomic mass is 16.5. The van der Waals surface area contributed by atoms with Crippen LogP contribution in [0.4, 0.5) is 0 Å². The quantitative estimate of drug-likeness (QED) is 0.654. The van der Waals surface area contributed by atoms with Crippen molar-refractivity contribution in [2.75, 3.05) is 20.8 Å². The van der Waals surface area contributed by atoms with Gasteiger partial charge in [-0.05, 0) is 29.8 Å². The molecule has 0 aliphatic heterocycles. The van der Waals surface area contributed by atoms with E-state index in [1.165, 1.54) is 26.4 Å². The van der Waals surface area contributed by atoms with E-state index in [0.717, 1.165) is 0 Å². The fourth-order valence-corrected chi connectivity index (χ4v) is 2.22. The molecule has 0 aromatic heterocycles. The lowest BCUT2D eigenvalue weighted by Gasteiger charge is -2.20. The summed E-state index contributed by atoms with van der Waals surface area (Å²) >= 11 is 0. The average molecular weight is 348 g/mol. The van der Waals surface area contributed by atoms with Crippen molar-refractivity contribution < 1.29 is 34.3 Å². The highest BCUT2D eigenvalue weighted by Gasteiger charge is 2.23. The molecule has 0 saturated carbocycles. The predicted molar refractivity (Wildman–Crippen MR) is 88.9 cm³/mol. The zero-order valence-electron chi connectivity index (χ0n) is 13.9. The largest absolute Gasteiger partial charge is 0.502 e. The summed E-state index contributed by atoms with van der Waals surface area (Å²) in [5.74, 6) is -0.651. The fraction of sp³-hybridized carbons (Fsp3) is 0.278. The Kier molecular flexibility index (Phi) is 6.21. The molecule has 7 heteroatoms. The van der Waals surface area contributed by atoms with Gasteiger partial charge in [-0.3, -0.25) is 0 Å². The van der Waals surface area contributed by atoms with Gasteiger partial charge < -0.3 is 29.5 Å². The molecule has 2 atom stereocenters. The van der Waals surface area contributed by atoms with Gasteiger partial charge >= 0.3 is 5.97 Å². The summed E-state index contributed by atoms with van der Waals surface area (Å²) in [7, 11) is 2.70. The molecule has 7 nitrogen and oxygen atoms in total. The number of aliphatic hydroxyl groups is 2. The number of aromatic hydroxyl groups is 1. The number of benzene rings is 2. The average Bonchev–Trinajstić information content (AvgIpc) is 2.66. The number of carbonyl (C=O) groups is 1. The van der Waals surface area contributed by atoms with Crippen LogP contribution >= 0.6 is 0 Å². The predicted octanol–water partition coefficient (Wildman–Crippen LogP) is 1.66. The molecule has 0 saturated heterocycles. The zero-order chi connectivity index (χ0) is 18.4. The third kappa shape index (κ3) is 4.40. The first-order valence-corrected chi connectivity index (χ1v) is 7.51. The second-order valence-electron chi connectivity index (χ2n) is 5.25. The Bertz CT molecular complexity index is 690. The number of rotatable bonds is 7. The van der Waals surface area contributed by atoms with E-state index < -0.39 is 24.8 Å². The molecular weight excluding hydrogens is 328 g/mol. The van der Waals surface area contributed by atoms with Crippen molar-refractivity contribution in [3.8, 4) is 17.2 Å². The SMILES string of the molecule is COc1cc([C@@H](O)[C@@H](O)COC(=O)c2ccccc2)cc(OC)c1O. The van der Waals surface area contributed by atoms with Gasteiger partial charge in [0.15, 0.2) is 11.5 Å². The van der Waals surface area contributed by atoms with E-state index >= 15 is 0 Å². The van der Waals surface area contributed by atoms with Gasteiger partial charge in [0.1, 0.15) is 18.8 Å². The highest BCUT2D eigenvalue weighted by molar-refractivity contribution is 5.89. The van der Waals surface area contributed by atoms with Gasteiger partial charge in [0.2, 0.25) is 5.75 Å². The topological polar surface area (TPSA) is 105 Å². The van der Waals surface area contributed by atoms with Crippen LogP contribution in [-0.2, 0) is 4.74 Å². The van der Waals surface area contributed by atoms with E-state index in [1.54, 1.807) is 30.3 Å². The van der Waals surface area contributed by atoms with Gasteiger partial charge in [-0.1, -0.05) is 18.2 Å². The van der Waals surface area contributed by atoms with Crippen molar-refractivity contribution in [3.63, 3.8) is 0 Å². The molecule has 0 unspecified atom stereocenters. The molecule has 134 valence electrons. The van der Waals surface area contributed by atoms with Crippen molar-refractivity contribution in [2.24, 2.45) is 0 Å². The summed E-state index contributed by atoms with van der Waals surface area (Å²) in [5, 5.41) is 30.2. The van der Waals surface area contributed by atoms with E-state index in [1.807, 2.05) is 0 Å². The van der Waals surface area contributed by atoms with Crippen molar-refractivity contribution in [2.45, 2.75) is 12.2 Å². The van der Waals surface area contributed by atoms with Gasteiger partial charge in [-0.2, -0.15) is 0 Å². The molecule has 0 aliphatic carbocycles. The van der Waals surface area contributed by atoms with Gasteiger partial charge in [0.25, 0.3) is 0 Å². The molecule has 3 N–H and O–H groups in total. The first kappa shape index (κ1) is 18.6. The van der Waals surface area contributed by atoms with Gasteiger partial charge in [-0.25, -0.2) is 4.79 Å². The molecule has 0 aliphatic rings. The monoisotopic (exact) mass is 348 g/mol. The van der Waals surface area contributed by atoms with Crippen molar-refractivity contribution in [3.05, 3.63) is 53.6 Å². The molecule has 2 aromatic rings. The van der Waals surface area contributed by atoms with Gasteiger partial charge in [-0.15, -0.1) is 0 Å². The maximum Gasteiger partial charge on any atom is 0.338 e. The number of carbonyl (C=O) groups excluding carboxylic acids is 1. The number of ether oxygens (including phenoxy) is 3. The number of phenolic OH excluding ortho intramolecular Hbond substituents is 1. The minimum absolute atomic E-state index is 0.0851. The van der Waals surface area contributed by atoms with Crippen LogP contribution in [0.15, 0.2) is 42.5 Å². The van der Waals surface area contributed by atoms with Crippen molar-refractivity contribution >= 4 is 5.97 Å². The smallest absolute Gasteiger partial charge is 0.338 e. The summed E-state index contributed by atoms with van der Waals surface area (Å²) in [6.45, 7) is -0.402. The number of aliphatic hydroxyl groups excluding tert-OH is 2. The molecule has 0 spiro atoms. The van der Waals surface area contributed by atoms with E-state index in [9.17, 15) is 20.1 Å². The number of phenols is 1. The van der Waals surface area contributed by atoms with Crippen molar-refractivity contribution in [1.29, 1.82) is 0 Å². The van der Waals surface area contributed by atoms with E-state index in [2.05, 4.69) is 0 Å². The number of hydrogen-bond acceptors (Lipinski definition) is 7. The molecule has 0 radical (unpaired) electrons. The highest BCUT2D eigenvalue weighted by Crippen LogP contribution is 2.39.